The molecule has 2 aliphatic carbocycles. The van der Waals surface area contributed by atoms with Crippen molar-refractivity contribution in [3.63, 3.8) is 0 Å². The minimum absolute atomic E-state index is 0.100. The Hall–Kier alpha value is -1.38. The monoisotopic (exact) mass is 316 g/mol. The molecule has 0 aromatic carbocycles. The van der Waals surface area contributed by atoms with Gasteiger partial charge in [0.1, 0.15) is 6.61 Å². The summed E-state index contributed by atoms with van der Waals surface area (Å²) in [4.78, 5) is 24.3. The number of ketones is 1. The van der Waals surface area contributed by atoms with Gasteiger partial charge in [0.15, 0.2) is 5.78 Å². The minimum Gasteiger partial charge on any atom is -0.458 e. The number of allylic oxidation sites excluding steroid dienone is 2. The maximum Gasteiger partial charge on any atom is 0.334 e. The number of Topliss-reactive ketones (excluding diaryl/α,β-unsaturated/α-hetero) is 1. The van der Waals surface area contributed by atoms with E-state index >= 15 is 0 Å². The SMILES string of the molecule is CC1=C(CCC2=CCOC2=O)C2(C)CCCC(C)(C)C2CC1=O. The van der Waals surface area contributed by atoms with E-state index < -0.39 is 0 Å². The van der Waals surface area contributed by atoms with Gasteiger partial charge in [0.25, 0.3) is 0 Å². The highest BCUT2D eigenvalue weighted by molar-refractivity contribution is 5.97. The number of carbonyl (C=O) groups is 2. The van der Waals surface area contributed by atoms with Crippen molar-refractivity contribution in [2.24, 2.45) is 16.7 Å². The molecule has 3 rings (SSSR count). The summed E-state index contributed by atoms with van der Waals surface area (Å²) >= 11 is 0. The fraction of sp³-hybridized carbons (Fsp3) is 0.700. The summed E-state index contributed by atoms with van der Waals surface area (Å²) in [6.45, 7) is 9.38. The number of fused-ring (bicyclic) bond motifs is 1. The van der Waals surface area contributed by atoms with Gasteiger partial charge in [-0.2, -0.15) is 0 Å². The van der Waals surface area contributed by atoms with Crippen molar-refractivity contribution < 1.29 is 14.3 Å². The molecule has 0 bridgehead atoms. The zero-order chi connectivity index (χ0) is 16.8. The molecular formula is C20H28O3. The number of rotatable bonds is 3. The molecule has 0 spiro atoms. The molecule has 126 valence electrons. The number of ether oxygens (including phenoxy) is 1. The van der Waals surface area contributed by atoms with Crippen LogP contribution >= 0.6 is 0 Å². The van der Waals surface area contributed by atoms with Crippen LogP contribution in [0, 0.1) is 16.7 Å². The molecule has 0 radical (unpaired) electrons. The van der Waals surface area contributed by atoms with Gasteiger partial charge >= 0.3 is 5.97 Å². The fourth-order valence-corrected chi connectivity index (χ4v) is 5.25. The minimum atomic E-state index is -0.184. The van der Waals surface area contributed by atoms with E-state index in [1.807, 2.05) is 13.0 Å². The summed E-state index contributed by atoms with van der Waals surface area (Å²) in [6, 6.07) is 0. The smallest absolute Gasteiger partial charge is 0.334 e. The van der Waals surface area contributed by atoms with Crippen LogP contribution in [0.1, 0.15) is 66.2 Å². The van der Waals surface area contributed by atoms with Gasteiger partial charge in [-0.3, -0.25) is 4.79 Å². The van der Waals surface area contributed by atoms with Crippen LogP contribution in [-0.4, -0.2) is 18.4 Å². The van der Waals surface area contributed by atoms with Gasteiger partial charge in [-0.1, -0.05) is 32.8 Å². The molecule has 0 aromatic heterocycles. The molecule has 3 heteroatoms. The molecule has 23 heavy (non-hydrogen) atoms. The molecule has 0 amide bonds. The summed E-state index contributed by atoms with van der Waals surface area (Å²) in [6.07, 6.45) is 7.64. The average molecular weight is 316 g/mol. The van der Waals surface area contributed by atoms with Crippen molar-refractivity contribution in [2.45, 2.75) is 66.2 Å². The zero-order valence-corrected chi connectivity index (χ0v) is 14.8. The summed E-state index contributed by atoms with van der Waals surface area (Å²) < 4.78 is 5.00. The standard InChI is InChI=1S/C20H28O3/c1-13-15(7-6-14-8-11-23-18(14)22)20(4)10-5-9-19(2,3)17(20)12-16(13)21/h8,17H,5-7,9-12H2,1-4H3. The van der Waals surface area contributed by atoms with Gasteiger partial charge in [0.05, 0.1) is 0 Å². The van der Waals surface area contributed by atoms with E-state index in [4.69, 9.17) is 4.74 Å². The van der Waals surface area contributed by atoms with Crippen molar-refractivity contribution in [2.75, 3.05) is 6.61 Å². The van der Waals surface area contributed by atoms with Crippen LogP contribution in [0.4, 0.5) is 0 Å². The van der Waals surface area contributed by atoms with E-state index in [1.165, 1.54) is 18.4 Å². The average Bonchev–Trinajstić information content (AvgIpc) is 2.87. The first kappa shape index (κ1) is 16.5. The molecule has 2 atom stereocenters. The number of esters is 1. The molecule has 2 unspecified atom stereocenters. The Morgan fingerprint density at radius 2 is 1.91 bits per heavy atom. The fourth-order valence-electron chi connectivity index (χ4n) is 5.25. The Balaban J connectivity index is 1.90. The van der Waals surface area contributed by atoms with Crippen molar-refractivity contribution in [1.29, 1.82) is 0 Å². The summed E-state index contributed by atoms with van der Waals surface area (Å²) in [7, 11) is 0. The Morgan fingerprint density at radius 1 is 1.17 bits per heavy atom. The van der Waals surface area contributed by atoms with Gasteiger partial charge in [-0.25, -0.2) is 4.79 Å². The predicted octanol–water partition coefficient (Wildman–Crippen LogP) is 4.37. The second kappa shape index (κ2) is 5.61. The quantitative estimate of drug-likeness (QED) is 0.726. The Morgan fingerprint density at radius 3 is 2.57 bits per heavy atom. The topological polar surface area (TPSA) is 43.4 Å². The lowest BCUT2D eigenvalue weighted by atomic mass is 9.49. The molecule has 0 saturated heterocycles. The highest BCUT2D eigenvalue weighted by atomic mass is 16.5. The molecule has 1 aliphatic heterocycles. The van der Waals surface area contributed by atoms with Crippen molar-refractivity contribution >= 4 is 11.8 Å². The maximum absolute atomic E-state index is 12.6. The number of hydrogen-bond donors (Lipinski definition) is 0. The van der Waals surface area contributed by atoms with Crippen LogP contribution in [-0.2, 0) is 14.3 Å². The van der Waals surface area contributed by atoms with Crippen LogP contribution < -0.4 is 0 Å². The Kier molecular flexibility index (Phi) is 4.02. The molecule has 3 nitrogen and oxygen atoms in total. The van der Waals surface area contributed by atoms with Crippen LogP contribution in [0.3, 0.4) is 0 Å². The first-order valence-electron chi connectivity index (χ1n) is 8.85. The summed E-state index contributed by atoms with van der Waals surface area (Å²) in [5.74, 6) is 0.538. The van der Waals surface area contributed by atoms with E-state index in [0.29, 0.717) is 31.1 Å². The van der Waals surface area contributed by atoms with Crippen LogP contribution in [0.5, 0.6) is 0 Å². The van der Waals surface area contributed by atoms with Gasteiger partial charge < -0.3 is 4.74 Å². The second-order valence-corrected chi connectivity index (χ2v) is 8.37. The molecular weight excluding hydrogens is 288 g/mol. The summed E-state index contributed by atoms with van der Waals surface area (Å²) in [5, 5.41) is 0. The lowest BCUT2D eigenvalue weighted by Crippen LogP contribution is -2.47. The second-order valence-electron chi connectivity index (χ2n) is 8.37. The van der Waals surface area contributed by atoms with Gasteiger partial charge in [-0.05, 0) is 61.0 Å². The van der Waals surface area contributed by atoms with Gasteiger partial charge in [-0.15, -0.1) is 0 Å². The third-order valence-electron chi connectivity index (χ3n) is 6.63. The first-order chi connectivity index (χ1) is 10.8. The van der Waals surface area contributed by atoms with Crippen molar-refractivity contribution in [3.05, 3.63) is 22.8 Å². The van der Waals surface area contributed by atoms with E-state index in [1.54, 1.807) is 0 Å². The lowest BCUT2D eigenvalue weighted by Gasteiger charge is -2.54. The number of hydrogen-bond acceptors (Lipinski definition) is 3. The highest BCUT2D eigenvalue weighted by Crippen LogP contribution is 2.59. The number of cyclic esters (lactones) is 1. The van der Waals surface area contributed by atoms with Crippen molar-refractivity contribution in [3.8, 4) is 0 Å². The van der Waals surface area contributed by atoms with E-state index in [9.17, 15) is 9.59 Å². The lowest BCUT2D eigenvalue weighted by molar-refractivity contribution is -0.136. The van der Waals surface area contributed by atoms with Gasteiger partial charge in [0, 0.05) is 12.0 Å². The molecule has 1 fully saturated rings. The van der Waals surface area contributed by atoms with E-state index in [-0.39, 0.29) is 16.8 Å². The third kappa shape index (κ3) is 2.68. The zero-order valence-electron chi connectivity index (χ0n) is 14.8. The van der Waals surface area contributed by atoms with Crippen LogP contribution in [0.2, 0.25) is 0 Å². The normalized spacial score (nSPS) is 33.4. The van der Waals surface area contributed by atoms with Crippen LogP contribution in [0.25, 0.3) is 0 Å². The largest absolute Gasteiger partial charge is 0.458 e. The first-order valence-corrected chi connectivity index (χ1v) is 8.85. The van der Waals surface area contributed by atoms with Crippen molar-refractivity contribution in [1.82, 2.24) is 0 Å². The highest BCUT2D eigenvalue weighted by Gasteiger charge is 2.51. The Labute approximate surface area is 139 Å². The summed E-state index contributed by atoms with van der Waals surface area (Å²) in [5.41, 5.74) is 3.34. The van der Waals surface area contributed by atoms with Crippen LogP contribution in [0.15, 0.2) is 22.8 Å². The van der Waals surface area contributed by atoms with E-state index in [2.05, 4.69) is 20.8 Å². The molecule has 1 saturated carbocycles. The Bertz CT molecular complexity index is 608. The maximum atomic E-state index is 12.6. The number of carbonyl (C=O) groups excluding carboxylic acids is 2. The third-order valence-corrected chi connectivity index (χ3v) is 6.63. The molecule has 0 aromatic rings. The predicted molar refractivity (Wildman–Crippen MR) is 89.8 cm³/mol. The molecule has 0 N–H and O–H groups in total. The van der Waals surface area contributed by atoms with E-state index in [0.717, 1.165) is 24.0 Å². The van der Waals surface area contributed by atoms with Gasteiger partial charge in [0.2, 0.25) is 0 Å². The molecule has 1 heterocycles. The molecule has 3 aliphatic rings.